The molecule has 0 radical (unpaired) electrons. The third-order valence-corrected chi connectivity index (χ3v) is 4.42. The molecule has 0 aliphatic heterocycles. The van der Waals surface area contributed by atoms with Crippen molar-refractivity contribution in [3.05, 3.63) is 66.0 Å². The summed E-state index contributed by atoms with van der Waals surface area (Å²) in [5, 5.41) is 3.51. The number of hydrogen-bond donors (Lipinski definition) is 1. The first kappa shape index (κ1) is 13.3. The van der Waals surface area contributed by atoms with E-state index in [1.807, 2.05) is 18.5 Å². The highest BCUT2D eigenvalue weighted by atomic mass is 14.9. The van der Waals surface area contributed by atoms with Gasteiger partial charge in [0, 0.05) is 18.4 Å². The molecule has 104 valence electrons. The van der Waals surface area contributed by atoms with Gasteiger partial charge in [-0.15, -0.1) is 0 Å². The maximum atomic E-state index is 4.19. The quantitative estimate of drug-likeness (QED) is 0.866. The van der Waals surface area contributed by atoms with Gasteiger partial charge in [-0.2, -0.15) is 0 Å². The first-order chi connectivity index (χ1) is 9.88. The van der Waals surface area contributed by atoms with Crippen molar-refractivity contribution in [1.82, 2.24) is 10.3 Å². The van der Waals surface area contributed by atoms with Crippen molar-refractivity contribution in [3.8, 4) is 0 Å². The zero-order valence-electron chi connectivity index (χ0n) is 12.0. The van der Waals surface area contributed by atoms with Gasteiger partial charge in [-0.05, 0) is 55.3 Å². The second-order valence-corrected chi connectivity index (χ2v) is 5.71. The highest BCUT2D eigenvalue weighted by Crippen LogP contribution is 2.50. The van der Waals surface area contributed by atoms with E-state index >= 15 is 0 Å². The molecule has 1 fully saturated rings. The van der Waals surface area contributed by atoms with Crippen LogP contribution < -0.4 is 5.32 Å². The standard InChI is InChI=1S/C18H22N2/c1-19-18(10-9-14-6-5-11-20-13-14)17-12-16(17)15-7-3-2-4-8-15/h2-8,11,13,16-19H,9-10,12H2,1H3. The van der Waals surface area contributed by atoms with Crippen LogP contribution in [0.3, 0.4) is 0 Å². The van der Waals surface area contributed by atoms with Crippen LogP contribution in [0.1, 0.15) is 29.9 Å². The summed E-state index contributed by atoms with van der Waals surface area (Å²) in [4.78, 5) is 4.19. The van der Waals surface area contributed by atoms with E-state index in [0.29, 0.717) is 6.04 Å². The number of hydrogen-bond acceptors (Lipinski definition) is 2. The molecule has 0 spiro atoms. The van der Waals surface area contributed by atoms with Gasteiger partial charge in [0.05, 0.1) is 0 Å². The average Bonchev–Trinajstić information content (AvgIpc) is 3.30. The van der Waals surface area contributed by atoms with E-state index in [4.69, 9.17) is 0 Å². The van der Waals surface area contributed by atoms with Crippen LogP contribution in [0.4, 0.5) is 0 Å². The number of pyridine rings is 1. The van der Waals surface area contributed by atoms with Gasteiger partial charge >= 0.3 is 0 Å². The van der Waals surface area contributed by atoms with Gasteiger partial charge in [-0.25, -0.2) is 0 Å². The largest absolute Gasteiger partial charge is 0.317 e. The minimum absolute atomic E-state index is 0.611. The van der Waals surface area contributed by atoms with Crippen molar-refractivity contribution in [2.75, 3.05) is 7.05 Å². The van der Waals surface area contributed by atoms with Gasteiger partial charge in [0.1, 0.15) is 0 Å². The number of benzene rings is 1. The highest BCUT2D eigenvalue weighted by molar-refractivity contribution is 5.26. The van der Waals surface area contributed by atoms with Crippen LogP contribution in [-0.2, 0) is 6.42 Å². The van der Waals surface area contributed by atoms with Crippen molar-refractivity contribution in [2.45, 2.75) is 31.2 Å². The molecule has 2 aromatic rings. The molecule has 1 aliphatic rings. The average molecular weight is 266 g/mol. The normalized spacial score (nSPS) is 22.4. The van der Waals surface area contributed by atoms with Crippen LogP contribution >= 0.6 is 0 Å². The summed E-state index contributed by atoms with van der Waals surface area (Å²) in [5.74, 6) is 1.54. The molecule has 20 heavy (non-hydrogen) atoms. The predicted octanol–water partition coefficient (Wildman–Crippen LogP) is 3.41. The second-order valence-electron chi connectivity index (χ2n) is 5.71. The Morgan fingerprint density at radius 3 is 2.75 bits per heavy atom. The van der Waals surface area contributed by atoms with Crippen LogP contribution in [0, 0.1) is 5.92 Å². The topological polar surface area (TPSA) is 24.9 Å². The third-order valence-electron chi connectivity index (χ3n) is 4.42. The maximum Gasteiger partial charge on any atom is 0.0299 e. The molecule has 1 heterocycles. The molecule has 1 aliphatic carbocycles. The Kier molecular flexibility index (Phi) is 4.12. The third kappa shape index (κ3) is 3.07. The SMILES string of the molecule is CNC(CCc1cccnc1)C1CC1c1ccccc1. The first-order valence-electron chi connectivity index (χ1n) is 7.49. The molecule has 1 aromatic carbocycles. The fourth-order valence-electron chi connectivity index (χ4n) is 3.18. The summed E-state index contributed by atoms with van der Waals surface area (Å²) in [6.45, 7) is 0. The number of nitrogens with zero attached hydrogens (tertiary/aromatic N) is 1. The summed E-state index contributed by atoms with van der Waals surface area (Å²) in [6, 6.07) is 15.7. The molecule has 1 saturated carbocycles. The molecule has 3 rings (SSSR count). The Morgan fingerprint density at radius 1 is 1.20 bits per heavy atom. The van der Waals surface area contributed by atoms with Gasteiger partial charge in [-0.3, -0.25) is 4.98 Å². The van der Waals surface area contributed by atoms with Gasteiger partial charge < -0.3 is 5.32 Å². The van der Waals surface area contributed by atoms with Gasteiger partial charge in [0.15, 0.2) is 0 Å². The second kappa shape index (κ2) is 6.19. The minimum atomic E-state index is 0.611. The molecule has 3 unspecified atom stereocenters. The van der Waals surface area contributed by atoms with Crippen molar-refractivity contribution < 1.29 is 0 Å². The molecule has 1 N–H and O–H groups in total. The van der Waals surface area contributed by atoms with Gasteiger partial charge in [-0.1, -0.05) is 36.4 Å². The highest BCUT2D eigenvalue weighted by Gasteiger charge is 2.42. The lowest BCUT2D eigenvalue weighted by molar-refractivity contribution is 0.462. The number of rotatable bonds is 6. The molecule has 0 saturated heterocycles. The number of aryl methyl sites for hydroxylation is 1. The van der Waals surface area contributed by atoms with Crippen LogP contribution in [0.2, 0.25) is 0 Å². The molecule has 3 atom stereocenters. The summed E-state index contributed by atoms with van der Waals surface area (Å²) >= 11 is 0. The van der Waals surface area contributed by atoms with Crippen LogP contribution in [0.5, 0.6) is 0 Å². The van der Waals surface area contributed by atoms with E-state index in [9.17, 15) is 0 Å². The Labute approximate surface area is 121 Å². The number of aromatic nitrogens is 1. The van der Waals surface area contributed by atoms with E-state index in [1.54, 1.807) is 0 Å². The molecule has 0 amide bonds. The van der Waals surface area contributed by atoms with E-state index in [1.165, 1.54) is 24.0 Å². The number of nitrogens with one attached hydrogen (secondary N) is 1. The molecule has 1 aromatic heterocycles. The fraction of sp³-hybridized carbons (Fsp3) is 0.389. The Hall–Kier alpha value is -1.67. The summed E-state index contributed by atoms with van der Waals surface area (Å²) in [5.41, 5.74) is 2.84. The van der Waals surface area contributed by atoms with Crippen molar-refractivity contribution in [2.24, 2.45) is 5.92 Å². The first-order valence-corrected chi connectivity index (χ1v) is 7.49. The summed E-state index contributed by atoms with van der Waals surface area (Å²) in [7, 11) is 2.09. The molecular weight excluding hydrogens is 244 g/mol. The molecular formula is C18H22N2. The minimum Gasteiger partial charge on any atom is -0.317 e. The zero-order valence-corrected chi connectivity index (χ0v) is 12.0. The van der Waals surface area contributed by atoms with Crippen molar-refractivity contribution in [3.63, 3.8) is 0 Å². The van der Waals surface area contributed by atoms with E-state index in [-0.39, 0.29) is 0 Å². The summed E-state index contributed by atoms with van der Waals surface area (Å²) in [6.07, 6.45) is 7.44. The Bertz CT molecular complexity index is 524. The fourth-order valence-corrected chi connectivity index (χ4v) is 3.18. The Morgan fingerprint density at radius 2 is 2.05 bits per heavy atom. The van der Waals surface area contributed by atoms with E-state index in [2.05, 4.69) is 53.7 Å². The van der Waals surface area contributed by atoms with Crippen LogP contribution in [0.15, 0.2) is 54.9 Å². The van der Waals surface area contributed by atoms with Crippen LogP contribution in [-0.4, -0.2) is 18.1 Å². The molecule has 0 bridgehead atoms. The van der Waals surface area contributed by atoms with Gasteiger partial charge in [0.2, 0.25) is 0 Å². The lowest BCUT2D eigenvalue weighted by atomic mass is 10.00. The Balaban J connectivity index is 1.56. The molecule has 2 nitrogen and oxygen atoms in total. The maximum absolute atomic E-state index is 4.19. The zero-order chi connectivity index (χ0) is 13.8. The lowest BCUT2D eigenvalue weighted by Gasteiger charge is -2.16. The van der Waals surface area contributed by atoms with Crippen LogP contribution in [0.25, 0.3) is 0 Å². The van der Waals surface area contributed by atoms with Gasteiger partial charge in [0.25, 0.3) is 0 Å². The van der Waals surface area contributed by atoms with Crippen molar-refractivity contribution >= 4 is 0 Å². The summed E-state index contributed by atoms with van der Waals surface area (Å²) < 4.78 is 0. The molecule has 2 heteroatoms. The smallest absolute Gasteiger partial charge is 0.0299 e. The van der Waals surface area contributed by atoms with E-state index in [0.717, 1.165) is 18.3 Å². The monoisotopic (exact) mass is 266 g/mol. The predicted molar refractivity (Wildman–Crippen MR) is 82.7 cm³/mol. The van der Waals surface area contributed by atoms with E-state index < -0.39 is 0 Å². The van der Waals surface area contributed by atoms with Crippen molar-refractivity contribution in [1.29, 1.82) is 0 Å². The lowest BCUT2D eigenvalue weighted by Crippen LogP contribution is -2.28.